The molecule has 2 fully saturated rings. The van der Waals surface area contributed by atoms with E-state index in [0.29, 0.717) is 31.6 Å². The monoisotopic (exact) mass is 486 g/mol. The number of nitrogens with one attached hydrogen (secondary N) is 2. The van der Waals surface area contributed by atoms with Crippen molar-refractivity contribution in [2.75, 3.05) is 29.9 Å². The smallest absolute Gasteiger partial charge is 0.370 e. The summed E-state index contributed by atoms with van der Waals surface area (Å²) in [6.45, 7) is 0.747. The number of alkyl halides is 3. The van der Waals surface area contributed by atoms with Gasteiger partial charge in [0.05, 0.1) is 16.9 Å². The lowest BCUT2D eigenvalue weighted by Crippen LogP contribution is -2.47. The van der Waals surface area contributed by atoms with Gasteiger partial charge in [0.1, 0.15) is 12.1 Å². The number of benzene rings is 2. The van der Waals surface area contributed by atoms with Crippen molar-refractivity contribution >= 4 is 29.2 Å². The number of carbonyl (C=O) groups excluding carboxylic acids is 3. The number of nitrogens with zero attached hydrogens (tertiary/aromatic N) is 2. The topological polar surface area (TPSA) is 81.8 Å². The van der Waals surface area contributed by atoms with E-state index in [0.717, 1.165) is 47.4 Å². The van der Waals surface area contributed by atoms with Crippen LogP contribution in [-0.2, 0) is 27.7 Å². The standard InChI is InChI=1S/C25H25F3N4O3/c26-25(27,28)17-9-10-20(31-12-3-4-13-31)19(14-17)29-21(33)15-32-22(34)24(30-23(32)35)11-5-7-16-6-1-2-8-18(16)24/h1-2,6,8-10,14H,3-5,7,11-13,15H2,(H,29,33)(H,30,35). The molecule has 2 aromatic carbocycles. The molecule has 184 valence electrons. The minimum absolute atomic E-state index is 0.0107. The lowest BCUT2D eigenvalue weighted by Gasteiger charge is -2.33. The van der Waals surface area contributed by atoms with Gasteiger partial charge in [-0.3, -0.25) is 14.5 Å². The third-order valence-corrected chi connectivity index (χ3v) is 7.00. The third-order valence-electron chi connectivity index (χ3n) is 7.00. The summed E-state index contributed by atoms with van der Waals surface area (Å²) < 4.78 is 40.0. The van der Waals surface area contributed by atoms with Gasteiger partial charge in [0.2, 0.25) is 5.91 Å². The van der Waals surface area contributed by atoms with Crippen LogP contribution in [0, 0.1) is 0 Å². The van der Waals surface area contributed by atoms with E-state index in [1.807, 2.05) is 17.0 Å². The van der Waals surface area contributed by atoms with Crippen LogP contribution in [0.25, 0.3) is 0 Å². The van der Waals surface area contributed by atoms with Gasteiger partial charge in [-0.15, -0.1) is 0 Å². The second kappa shape index (κ2) is 8.58. The number of rotatable bonds is 4. The normalized spacial score (nSPS) is 21.9. The van der Waals surface area contributed by atoms with Crippen LogP contribution in [0.3, 0.4) is 0 Å². The fourth-order valence-electron chi connectivity index (χ4n) is 5.33. The quantitative estimate of drug-likeness (QED) is 0.640. The van der Waals surface area contributed by atoms with Gasteiger partial charge in [-0.25, -0.2) is 4.79 Å². The average molecular weight is 486 g/mol. The van der Waals surface area contributed by atoms with E-state index in [2.05, 4.69) is 10.6 Å². The molecular formula is C25H25F3N4O3. The molecule has 2 N–H and O–H groups in total. The van der Waals surface area contributed by atoms with Crippen LogP contribution in [0.5, 0.6) is 0 Å². The molecule has 1 spiro atoms. The van der Waals surface area contributed by atoms with Crippen LogP contribution in [-0.4, -0.2) is 42.4 Å². The lowest BCUT2D eigenvalue weighted by atomic mass is 9.76. The average Bonchev–Trinajstić information content (AvgIpc) is 3.43. The van der Waals surface area contributed by atoms with Crippen molar-refractivity contribution in [3.63, 3.8) is 0 Å². The summed E-state index contributed by atoms with van der Waals surface area (Å²) in [6.07, 6.45) is -0.863. The van der Waals surface area contributed by atoms with E-state index in [1.54, 1.807) is 12.1 Å². The molecule has 4 amide bonds. The van der Waals surface area contributed by atoms with E-state index < -0.39 is 41.7 Å². The van der Waals surface area contributed by atoms with Gasteiger partial charge < -0.3 is 15.5 Å². The lowest BCUT2D eigenvalue weighted by molar-refractivity contribution is -0.137. The van der Waals surface area contributed by atoms with Crippen LogP contribution in [0.2, 0.25) is 0 Å². The van der Waals surface area contributed by atoms with Crippen molar-refractivity contribution < 1.29 is 27.6 Å². The first-order valence-corrected chi connectivity index (χ1v) is 11.7. The molecule has 2 aliphatic heterocycles. The molecule has 7 nitrogen and oxygen atoms in total. The number of anilines is 2. The largest absolute Gasteiger partial charge is 0.416 e. The van der Waals surface area contributed by atoms with Crippen LogP contribution < -0.4 is 15.5 Å². The molecular weight excluding hydrogens is 461 g/mol. The molecule has 0 radical (unpaired) electrons. The van der Waals surface area contributed by atoms with Gasteiger partial charge in [0, 0.05) is 13.1 Å². The van der Waals surface area contributed by atoms with Gasteiger partial charge in [0.25, 0.3) is 5.91 Å². The number of aryl methyl sites for hydroxylation is 1. The summed E-state index contributed by atoms with van der Waals surface area (Å²) in [5, 5.41) is 5.30. The molecule has 2 aromatic rings. The highest BCUT2D eigenvalue weighted by molar-refractivity contribution is 6.11. The van der Waals surface area contributed by atoms with Crippen molar-refractivity contribution in [2.45, 2.75) is 43.8 Å². The zero-order chi connectivity index (χ0) is 24.8. The Morgan fingerprint density at radius 2 is 1.80 bits per heavy atom. The Morgan fingerprint density at radius 3 is 2.54 bits per heavy atom. The van der Waals surface area contributed by atoms with Crippen LogP contribution in [0.4, 0.5) is 29.3 Å². The van der Waals surface area contributed by atoms with Crippen LogP contribution in [0.15, 0.2) is 42.5 Å². The predicted octanol–water partition coefficient (Wildman–Crippen LogP) is 4.03. The highest BCUT2D eigenvalue weighted by Crippen LogP contribution is 2.40. The molecule has 5 rings (SSSR count). The number of fused-ring (bicyclic) bond motifs is 2. The minimum atomic E-state index is -4.57. The third kappa shape index (κ3) is 4.11. The maximum absolute atomic E-state index is 13.4. The maximum atomic E-state index is 13.4. The highest BCUT2D eigenvalue weighted by atomic mass is 19.4. The number of imide groups is 1. The summed E-state index contributed by atoms with van der Waals surface area (Å²) >= 11 is 0. The van der Waals surface area contributed by atoms with E-state index in [1.165, 1.54) is 6.07 Å². The van der Waals surface area contributed by atoms with Crippen molar-refractivity contribution in [3.05, 3.63) is 59.2 Å². The Morgan fingerprint density at radius 1 is 1.06 bits per heavy atom. The maximum Gasteiger partial charge on any atom is 0.416 e. The fraction of sp³-hybridized carbons (Fsp3) is 0.400. The van der Waals surface area contributed by atoms with Crippen molar-refractivity contribution in [2.24, 2.45) is 0 Å². The van der Waals surface area contributed by atoms with Crippen LogP contribution in [0.1, 0.15) is 42.4 Å². The molecule has 1 unspecified atom stereocenters. The Kier molecular flexibility index (Phi) is 5.69. The Labute approximate surface area is 200 Å². The minimum Gasteiger partial charge on any atom is -0.370 e. The predicted molar refractivity (Wildman–Crippen MR) is 123 cm³/mol. The molecule has 35 heavy (non-hydrogen) atoms. The zero-order valence-corrected chi connectivity index (χ0v) is 19.0. The number of carbonyl (C=O) groups is 3. The SMILES string of the molecule is O=C(CN1C(=O)NC2(CCCc3ccccc32)C1=O)Nc1cc(C(F)(F)F)ccc1N1CCCC1. The van der Waals surface area contributed by atoms with Gasteiger partial charge in [-0.05, 0) is 61.4 Å². The summed E-state index contributed by atoms with van der Waals surface area (Å²) in [6, 6.07) is 9.95. The molecule has 1 atom stereocenters. The number of halogens is 3. The van der Waals surface area contributed by atoms with Gasteiger partial charge in [0.15, 0.2) is 0 Å². The highest BCUT2D eigenvalue weighted by Gasteiger charge is 2.54. The number of hydrogen-bond acceptors (Lipinski definition) is 4. The van der Waals surface area contributed by atoms with Crippen molar-refractivity contribution in [1.82, 2.24) is 10.2 Å². The Hall–Kier alpha value is -3.56. The van der Waals surface area contributed by atoms with Gasteiger partial charge in [-0.2, -0.15) is 13.2 Å². The number of urea groups is 1. The second-order valence-electron chi connectivity index (χ2n) is 9.21. The summed E-state index contributed by atoms with van der Waals surface area (Å²) in [7, 11) is 0. The Balaban J connectivity index is 1.38. The first kappa shape index (κ1) is 23.2. The Bertz CT molecular complexity index is 1190. The molecule has 0 saturated carbocycles. The van der Waals surface area contributed by atoms with Gasteiger partial charge >= 0.3 is 12.2 Å². The van der Waals surface area contributed by atoms with Crippen LogP contribution >= 0.6 is 0 Å². The molecule has 10 heteroatoms. The fourth-order valence-corrected chi connectivity index (χ4v) is 5.33. The molecule has 2 saturated heterocycles. The molecule has 0 bridgehead atoms. The summed E-state index contributed by atoms with van der Waals surface area (Å²) in [5.41, 5.74) is 0.0849. The first-order chi connectivity index (χ1) is 16.7. The number of amides is 4. The first-order valence-electron chi connectivity index (χ1n) is 11.7. The summed E-state index contributed by atoms with van der Waals surface area (Å²) in [4.78, 5) is 41.9. The van der Waals surface area contributed by atoms with E-state index >= 15 is 0 Å². The summed E-state index contributed by atoms with van der Waals surface area (Å²) in [5.74, 6) is -1.26. The van der Waals surface area contributed by atoms with Crippen molar-refractivity contribution in [3.8, 4) is 0 Å². The van der Waals surface area contributed by atoms with E-state index in [4.69, 9.17) is 0 Å². The van der Waals surface area contributed by atoms with E-state index in [9.17, 15) is 27.6 Å². The van der Waals surface area contributed by atoms with E-state index in [-0.39, 0.29) is 5.69 Å². The molecule has 0 aromatic heterocycles. The number of hydrogen-bond donors (Lipinski definition) is 2. The zero-order valence-electron chi connectivity index (χ0n) is 19.0. The van der Waals surface area contributed by atoms with Crippen molar-refractivity contribution in [1.29, 1.82) is 0 Å². The molecule has 1 aliphatic carbocycles. The van der Waals surface area contributed by atoms with Gasteiger partial charge in [-0.1, -0.05) is 24.3 Å². The second-order valence-corrected chi connectivity index (χ2v) is 9.21. The molecule has 3 aliphatic rings. The molecule has 2 heterocycles.